The number of nitrogen functional groups attached to an aromatic ring is 1. The molecule has 0 fully saturated rings. The number of rotatable bonds is 2. The summed E-state index contributed by atoms with van der Waals surface area (Å²) in [5.74, 6) is 7.30. The highest BCUT2D eigenvalue weighted by atomic mass is 79.9. The lowest BCUT2D eigenvalue weighted by Gasteiger charge is -2.21. The maximum Gasteiger partial charge on any atom is 0.202 e. The zero-order chi connectivity index (χ0) is 16.4. The fourth-order valence-corrected chi connectivity index (χ4v) is 2.05. The monoisotopic (exact) mass is 372 g/mol. The van der Waals surface area contributed by atoms with Crippen LogP contribution in [0.15, 0.2) is 34.0 Å². The number of hydrogen-bond acceptors (Lipinski definition) is 6. The standard InChI is InChI=1S/C12H11BrF2N6O/c13-5-3-6(11(16)19-4-5)12(20-17)21(18)7-1-2-8(22)10(15)9(7)14/h1-4,22H,17-18H2,(H2,16,19)/b20-12-. The Morgan fingerprint density at radius 3 is 2.64 bits per heavy atom. The van der Waals surface area contributed by atoms with Gasteiger partial charge in [0.15, 0.2) is 17.4 Å². The minimum absolute atomic E-state index is 0.0440. The first-order valence-corrected chi connectivity index (χ1v) is 6.57. The quantitative estimate of drug-likeness (QED) is 0.273. The Morgan fingerprint density at radius 1 is 1.32 bits per heavy atom. The molecular weight excluding hydrogens is 362 g/mol. The molecule has 7 N–H and O–H groups in total. The Balaban J connectivity index is 2.53. The van der Waals surface area contributed by atoms with Crippen LogP contribution in [0.5, 0.6) is 5.75 Å². The molecule has 116 valence electrons. The van der Waals surface area contributed by atoms with Crippen LogP contribution >= 0.6 is 15.9 Å². The van der Waals surface area contributed by atoms with Gasteiger partial charge in [-0.2, -0.15) is 9.49 Å². The van der Waals surface area contributed by atoms with Crippen molar-refractivity contribution in [3.05, 3.63) is 46.1 Å². The minimum atomic E-state index is -1.44. The van der Waals surface area contributed by atoms with Gasteiger partial charge in [-0.25, -0.2) is 15.2 Å². The summed E-state index contributed by atoms with van der Waals surface area (Å²) in [4.78, 5) is 3.88. The van der Waals surface area contributed by atoms with Gasteiger partial charge in [0.2, 0.25) is 5.82 Å². The molecule has 7 nitrogen and oxygen atoms in total. The van der Waals surface area contributed by atoms with E-state index in [9.17, 15) is 8.78 Å². The van der Waals surface area contributed by atoms with Crippen LogP contribution in [0.2, 0.25) is 0 Å². The van der Waals surface area contributed by atoms with Crippen molar-refractivity contribution in [2.75, 3.05) is 10.7 Å². The topological polar surface area (TPSA) is 127 Å². The highest BCUT2D eigenvalue weighted by Crippen LogP contribution is 2.28. The van der Waals surface area contributed by atoms with E-state index in [-0.39, 0.29) is 22.9 Å². The predicted octanol–water partition coefficient (Wildman–Crippen LogP) is 1.41. The molecule has 1 heterocycles. The summed E-state index contributed by atoms with van der Waals surface area (Å²) < 4.78 is 27.9. The highest BCUT2D eigenvalue weighted by Gasteiger charge is 2.22. The van der Waals surface area contributed by atoms with Crippen LogP contribution in [0.3, 0.4) is 0 Å². The van der Waals surface area contributed by atoms with E-state index in [0.29, 0.717) is 9.48 Å². The van der Waals surface area contributed by atoms with Crippen molar-refractivity contribution in [1.29, 1.82) is 0 Å². The number of aromatic hydroxyl groups is 1. The van der Waals surface area contributed by atoms with Crippen LogP contribution in [0.25, 0.3) is 0 Å². The molecule has 0 aliphatic heterocycles. The summed E-state index contributed by atoms with van der Waals surface area (Å²) in [6.45, 7) is 0. The number of halogens is 3. The number of aromatic nitrogens is 1. The lowest BCUT2D eigenvalue weighted by atomic mass is 10.2. The van der Waals surface area contributed by atoms with E-state index in [4.69, 9.17) is 22.5 Å². The summed E-state index contributed by atoms with van der Waals surface area (Å²) in [7, 11) is 0. The van der Waals surface area contributed by atoms with Crippen molar-refractivity contribution in [3.8, 4) is 5.75 Å². The third-order valence-electron chi connectivity index (χ3n) is 2.78. The molecule has 0 saturated carbocycles. The molecule has 10 heteroatoms. The van der Waals surface area contributed by atoms with Gasteiger partial charge in [-0.1, -0.05) is 0 Å². The molecule has 2 aromatic rings. The first-order chi connectivity index (χ1) is 10.4. The molecule has 2 rings (SSSR count). The fourth-order valence-electron chi connectivity index (χ4n) is 1.72. The third kappa shape index (κ3) is 2.78. The molecule has 0 saturated heterocycles. The summed E-state index contributed by atoms with van der Waals surface area (Å²) in [6.07, 6.45) is 1.44. The van der Waals surface area contributed by atoms with Crippen LogP contribution in [0.4, 0.5) is 20.3 Å². The number of phenolic OH excluding ortho intramolecular Hbond substituents is 1. The molecule has 22 heavy (non-hydrogen) atoms. The molecule has 0 atom stereocenters. The smallest absolute Gasteiger partial charge is 0.202 e. The number of pyridine rings is 1. The van der Waals surface area contributed by atoms with Gasteiger partial charge in [0.05, 0.1) is 11.3 Å². The second kappa shape index (κ2) is 6.12. The zero-order valence-corrected chi connectivity index (χ0v) is 12.6. The summed E-state index contributed by atoms with van der Waals surface area (Å²) >= 11 is 3.19. The van der Waals surface area contributed by atoms with E-state index in [1.807, 2.05) is 0 Å². The molecule has 1 aromatic carbocycles. The van der Waals surface area contributed by atoms with Gasteiger partial charge in [0.25, 0.3) is 0 Å². The lowest BCUT2D eigenvalue weighted by Crippen LogP contribution is -2.40. The Hall–Kier alpha value is -2.46. The first kappa shape index (κ1) is 15.9. The Morgan fingerprint density at radius 2 is 2.00 bits per heavy atom. The van der Waals surface area contributed by atoms with Crippen molar-refractivity contribution >= 4 is 33.3 Å². The van der Waals surface area contributed by atoms with Crippen LogP contribution in [0.1, 0.15) is 5.56 Å². The third-order valence-corrected chi connectivity index (χ3v) is 3.21. The van der Waals surface area contributed by atoms with E-state index in [1.165, 1.54) is 12.3 Å². The van der Waals surface area contributed by atoms with Crippen molar-refractivity contribution in [2.24, 2.45) is 16.8 Å². The van der Waals surface area contributed by atoms with Crippen molar-refractivity contribution in [3.63, 3.8) is 0 Å². The number of hydrazone groups is 1. The SMILES string of the molecule is N/N=C(/c1cc(Br)cnc1N)N(N)c1ccc(O)c(F)c1F. The predicted molar refractivity (Wildman–Crippen MR) is 81.8 cm³/mol. The van der Waals surface area contributed by atoms with Gasteiger partial charge >= 0.3 is 0 Å². The van der Waals surface area contributed by atoms with Crippen LogP contribution in [-0.2, 0) is 0 Å². The summed E-state index contributed by atoms with van der Waals surface area (Å²) in [5.41, 5.74) is 5.54. The van der Waals surface area contributed by atoms with Gasteiger partial charge in [-0.15, -0.1) is 0 Å². The molecule has 0 radical (unpaired) electrons. The first-order valence-electron chi connectivity index (χ1n) is 5.77. The molecule has 0 amide bonds. The number of phenols is 1. The Labute approximate surface area is 132 Å². The van der Waals surface area contributed by atoms with Gasteiger partial charge in [-0.05, 0) is 34.1 Å². The molecule has 0 spiro atoms. The second-order valence-corrected chi connectivity index (χ2v) is 5.06. The van der Waals surface area contributed by atoms with Crippen molar-refractivity contribution < 1.29 is 13.9 Å². The van der Waals surface area contributed by atoms with E-state index in [2.05, 4.69) is 26.0 Å². The number of nitrogens with zero attached hydrogens (tertiary/aromatic N) is 3. The molecule has 1 aromatic heterocycles. The van der Waals surface area contributed by atoms with Crippen LogP contribution < -0.4 is 22.4 Å². The summed E-state index contributed by atoms with van der Waals surface area (Å²) in [6, 6.07) is 3.54. The van der Waals surface area contributed by atoms with Crippen LogP contribution in [0, 0.1) is 11.6 Å². The summed E-state index contributed by atoms with van der Waals surface area (Å²) in [5, 5.41) is 13.3. The number of amidine groups is 1. The Bertz CT molecular complexity index is 755. The van der Waals surface area contributed by atoms with Gasteiger partial charge in [-0.3, -0.25) is 5.01 Å². The second-order valence-electron chi connectivity index (χ2n) is 4.14. The molecule has 0 aliphatic rings. The van der Waals surface area contributed by atoms with Crippen molar-refractivity contribution in [1.82, 2.24) is 4.98 Å². The maximum atomic E-state index is 13.9. The molecule has 0 bridgehead atoms. The average molecular weight is 373 g/mol. The normalized spacial score (nSPS) is 11.5. The van der Waals surface area contributed by atoms with Gasteiger partial charge < -0.3 is 16.7 Å². The number of anilines is 2. The lowest BCUT2D eigenvalue weighted by molar-refractivity contribution is 0.407. The minimum Gasteiger partial charge on any atom is -0.505 e. The maximum absolute atomic E-state index is 13.9. The zero-order valence-electron chi connectivity index (χ0n) is 11.0. The largest absolute Gasteiger partial charge is 0.505 e. The number of nitrogens with two attached hydrogens (primary N) is 3. The van der Waals surface area contributed by atoms with E-state index in [0.717, 1.165) is 12.1 Å². The number of hydrogen-bond donors (Lipinski definition) is 4. The Kier molecular flexibility index (Phi) is 4.43. The number of hydrazine groups is 1. The van der Waals surface area contributed by atoms with Gasteiger partial charge in [0.1, 0.15) is 5.82 Å². The fraction of sp³-hybridized carbons (Fsp3) is 0. The average Bonchev–Trinajstić information content (AvgIpc) is 2.49. The highest BCUT2D eigenvalue weighted by molar-refractivity contribution is 9.10. The van der Waals surface area contributed by atoms with E-state index < -0.39 is 17.4 Å². The van der Waals surface area contributed by atoms with E-state index in [1.54, 1.807) is 0 Å². The molecular formula is C12H11BrF2N6O. The molecule has 0 unspecified atom stereocenters. The van der Waals surface area contributed by atoms with Crippen LogP contribution in [-0.4, -0.2) is 15.9 Å². The van der Waals surface area contributed by atoms with Crippen molar-refractivity contribution in [2.45, 2.75) is 0 Å². The number of benzene rings is 1. The molecule has 0 aliphatic carbocycles. The van der Waals surface area contributed by atoms with Gasteiger partial charge in [0, 0.05) is 10.7 Å². The van der Waals surface area contributed by atoms with E-state index >= 15 is 0 Å².